The van der Waals surface area contributed by atoms with E-state index >= 15 is 0 Å². The summed E-state index contributed by atoms with van der Waals surface area (Å²) in [6, 6.07) is 22.1. The SMILES string of the molecule is COC(=O)c1c(-c2ccc(C)cc2)csc1NC(=O)c1cc(-c2ccc(Cl)c(Cl)c2)nc2ccccc12. The molecule has 1 N–H and O–H groups in total. The summed E-state index contributed by atoms with van der Waals surface area (Å²) in [5.74, 6) is -0.898. The van der Waals surface area contributed by atoms with Gasteiger partial charge in [-0.3, -0.25) is 4.79 Å². The molecule has 37 heavy (non-hydrogen) atoms. The Labute approximate surface area is 227 Å². The van der Waals surface area contributed by atoms with Crippen molar-refractivity contribution in [2.45, 2.75) is 6.92 Å². The maximum Gasteiger partial charge on any atom is 0.341 e. The Morgan fingerprint density at radius 3 is 2.38 bits per heavy atom. The summed E-state index contributed by atoms with van der Waals surface area (Å²) >= 11 is 13.6. The van der Waals surface area contributed by atoms with Gasteiger partial charge in [0.1, 0.15) is 10.6 Å². The van der Waals surface area contributed by atoms with Crippen LogP contribution < -0.4 is 5.32 Å². The molecule has 0 aliphatic rings. The van der Waals surface area contributed by atoms with Crippen LogP contribution in [0.4, 0.5) is 5.00 Å². The number of carbonyl (C=O) groups excluding carboxylic acids is 2. The Kier molecular flexibility index (Phi) is 6.98. The molecule has 5 aromatic rings. The number of ether oxygens (including phenoxy) is 1. The number of hydrogen-bond acceptors (Lipinski definition) is 5. The van der Waals surface area contributed by atoms with E-state index in [1.54, 1.807) is 24.3 Å². The molecule has 0 spiro atoms. The molecule has 1 amide bonds. The van der Waals surface area contributed by atoms with Gasteiger partial charge in [0.15, 0.2) is 0 Å². The molecule has 0 saturated carbocycles. The fourth-order valence-corrected chi connectivity index (χ4v) is 5.29. The van der Waals surface area contributed by atoms with E-state index < -0.39 is 5.97 Å². The highest BCUT2D eigenvalue weighted by Gasteiger charge is 2.24. The molecule has 8 heteroatoms. The van der Waals surface area contributed by atoms with Crippen molar-refractivity contribution in [2.24, 2.45) is 0 Å². The lowest BCUT2D eigenvalue weighted by atomic mass is 10.0. The standard InChI is InChI=1S/C29H20Cl2N2O3S/c1-16-7-9-17(10-8-16)21-15-37-28(26(21)29(35)36-2)33-27(34)20-14-25(18-11-12-22(30)23(31)13-18)32-24-6-4-3-5-19(20)24/h3-15H,1-2H3,(H,33,34). The molecule has 0 saturated heterocycles. The number of pyridine rings is 1. The molecule has 2 heterocycles. The third-order valence-electron chi connectivity index (χ3n) is 5.95. The van der Waals surface area contributed by atoms with Gasteiger partial charge in [0, 0.05) is 21.9 Å². The quantitative estimate of drug-likeness (QED) is 0.225. The Morgan fingerprint density at radius 2 is 1.65 bits per heavy atom. The van der Waals surface area contributed by atoms with Crippen molar-refractivity contribution >= 4 is 62.3 Å². The Hall–Kier alpha value is -3.71. The first kappa shape index (κ1) is 25.0. The molecule has 0 fully saturated rings. The molecule has 5 rings (SSSR count). The fourth-order valence-electron chi connectivity index (χ4n) is 4.04. The van der Waals surface area contributed by atoms with Gasteiger partial charge < -0.3 is 10.1 Å². The number of esters is 1. The summed E-state index contributed by atoms with van der Waals surface area (Å²) in [4.78, 5) is 31.2. The van der Waals surface area contributed by atoms with Crippen molar-refractivity contribution in [1.29, 1.82) is 0 Å². The van der Waals surface area contributed by atoms with Crippen LogP contribution in [0.1, 0.15) is 26.3 Å². The highest BCUT2D eigenvalue weighted by atomic mass is 35.5. The molecule has 3 aromatic carbocycles. The molecule has 184 valence electrons. The lowest BCUT2D eigenvalue weighted by Crippen LogP contribution is -2.15. The highest BCUT2D eigenvalue weighted by Crippen LogP contribution is 2.37. The summed E-state index contributed by atoms with van der Waals surface area (Å²) in [5.41, 5.74) is 5.33. The fraction of sp³-hybridized carbons (Fsp3) is 0.0690. The van der Waals surface area contributed by atoms with Crippen LogP contribution in [0.5, 0.6) is 0 Å². The van der Waals surface area contributed by atoms with Gasteiger partial charge >= 0.3 is 5.97 Å². The van der Waals surface area contributed by atoms with Crippen molar-refractivity contribution < 1.29 is 14.3 Å². The van der Waals surface area contributed by atoms with Crippen LogP contribution in [0.3, 0.4) is 0 Å². The summed E-state index contributed by atoms with van der Waals surface area (Å²) in [5, 5.41) is 6.70. The molecule has 5 nitrogen and oxygen atoms in total. The van der Waals surface area contributed by atoms with Gasteiger partial charge in [-0.2, -0.15) is 0 Å². The summed E-state index contributed by atoms with van der Waals surface area (Å²) in [7, 11) is 1.32. The normalized spacial score (nSPS) is 10.9. The van der Waals surface area contributed by atoms with Gasteiger partial charge in [-0.25, -0.2) is 9.78 Å². The lowest BCUT2D eigenvalue weighted by molar-refractivity contribution is 0.0603. The van der Waals surface area contributed by atoms with E-state index in [0.717, 1.165) is 16.7 Å². The second kappa shape index (κ2) is 10.3. The predicted octanol–water partition coefficient (Wildman–Crippen LogP) is 8.28. The van der Waals surface area contributed by atoms with E-state index in [2.05, 4.69) is 5.32 Å². The number of rotatable bonds is 5. The van der Waals surface area contributed by atoms with Crippen LogP contribution in [0.15, 0.2) is 78.2 Å². The number of nitrogens with one attached hydrogen (secondary N) is 1. The second-order valence-electron chi connectivity index (χ2n) is 8.37. The molecule has 0 bridgehead atoms. The first-order valence-corrected chi connectivity index (χ1v) is 12.9. The zero-order chi connectivity index (χ0) is 26.1. The van der Waals surface area contributed by atoms with Gasteiger partial charge in [0.2, 0.25) is 0 Å². The smallest absolute Gasteiger partial charge is 0.341 e. The van der Waals surface area contributed by atoms with Crippen molar-refractivity contribution in [3.8, 4) is 22.4 Å². The minimum absolute atomic E-state index is 0.313. The van der Waals surface area contributed by atoms with E-state index in [1.165, 1.54) is 18.4 Å². The second-order valence-corrected chi connectivity index (χ2v) is 10.1. The van der Waals surface area contributed by atoms with Crippen molar-refractivity contribution in [3.63, 3.8) is 0 Å². The zero-order valence-electron chi connectivity index (χ0n) is 19.8. The lowest BCUT2D eigenvalue weighted by Gasteiger charge is -2.12. The Bertz CT molecular complexity index is 1660. The van der Waals surface area contributed by atoms with E-state index in [9.17, 15) is 9.59 Å². The van der Waals surface area contributed by atoms with E-state index in [4.69, 9.17) is 32.9 Å². The van der Waals surface area contributed by atoms with Crippen LogP contribution in [-0.4, -0.2) is 24.0 Å². The molecule has 0 radical (unpaired) electrons. The van der Waals surface area contributed by atoms with Gasteiger partial charge in [-0.15, -0.1) is 11.3 Å². The number of fused-ring (bicyclic) bond motifs is 1. The molecular weight excluding hydrogens is 527 g/mol. The third-order valence-corrected chi connectivity index (χ3v) is 7.58. The molecule has 2 aromatic heterocycles. The topological polar surface area (TPSA) is 68.3 Å². The molecule has 0 aliphatic heterocycles. The largest absolute Gasteiger partial charge is 0.465 e. The number of aryl methyl sites for hydroxylation is 1. The van der Waals surface area contributed by atoms with Gasteiger partial charge in [0.25, 0.3) is 5.91 Å². The minimum atomic E-state index is -0.525. The van der Waals surface area contributed by atoms with Crippen molar-refractivity contribution in [1.82, 2.24) is 4.98 Å². The summed E-state index contributed by atoms with van der Waals surface area (Å²) < 4.78 is 5.06. The number of hydrogen-bond donors (Lipinski definition) is 1. The number of benzene rings is 3. The van der Waals surface area contributed by atoms with Crippen LogP contribution in [0.25, 0.3) is 33.3 Å². The van der Waals surface area contributed by atoms with Crippen LogP contribution in [0, 0.1) is 6.92 Å². The number of anilines is 1. The predicted molar refractivity (Wildman–Crippen MR) is 151 cm³/mol. The number of para-hydroxylation sites is 1. The van der Waals surface area contributed by atoms with Crippen LogP contribution in [-0.2, 0) is 4.74 Å². The van der Waals surface area contributed by atoms with E-state index in [0.29, 0.717) is 48.3 Å². The van der Waals surface area contributed by atoms with Gasteiger partial charge in [-0.05, 0) is 36.8 Å². The molecule has 0 aliphatic carbocycles. The van der Waals surface area contributed by atoms with Crippen molar-refractivity contribution in [3.05, 3.63) is 105 Å². The van der Waals surface area contributed by atoms with Crippen molar-refractivity contribution in [2.75, 3.05) is 12.4 Å². The number of methoxy groups -OCH3 is 1. The average molecular weight is 547 g/mol. The number of aromatic nitrogens is 1. The Morgan fingerprint density at radius 1 is 0.919 bits per heavy atom. The van der Waals surface area contributed by atoms with Gasteiger partial charge in [0.05, 0.1) is 33.9 Å². The Balaban J connectivity index is 1.58. The third kappa shape index (κ3) is 4.96. The van der Waals surface area contributed by atoms with Crippen LogP contribution >= 0.6 is 34.5 Å². The number of halogens is 2. The maximum absolute atomic E-state index is 13.7. The first-order valence-electron chi connectivity index (χ1n) is 11.3. The van der Waals surface area contributed by atoms with E-state index in [1.807, 2.05) is 60.8 Å². The monoisotopic (exact) mass is 546 g/mol. The number of carbonyl (C=O) groups is 2. The first-order chi connectivity index (χ1) is 17.9. The zero-order valence-corrected chi connectivity index (χ0v) is 22.2. The number of nitrogens with zero attached hydrogens (tertiary/aromatic N) is 1. The number of amides is 1. The average Bonchev–Trinajstić information content (AvgIpc) is 3.32. The molecular formula is C29H20Cl2N2O3S. The molecule has 0 unspecified atom stereocenters. The number of thiophene rings is 1. The van der Waals surface area contributed by atoms with Crippen LogP contribution in [0.2, 0.25) is 10.0 Å². The minimum Gasteiger partial charge on any atom is -0.465 e. The van der Waals surface area contributed by atoms with E-state index in [-0.39, 0.29) is 5.91 Å². The molecule has 0 atom stereocenters. The summed E-state index contributed by atoms with van der Waals surface area (Å²) in [6.45, 7) is 2.00. The maximum atomic E-state index is 13.7. The summed E-state index contributed by atoms with van der Waals surface area (Å²) in [6.07, 6.45) is 0. The highest BCUT2D eigenvalue weighted by molar-refractivity contribution is 7.15. The van der Waals surface area contributed by atoms with Gasteiger partial charge in [-0.1, -0.05) is 77.3 Å².